The molecule has 0 spiro atoms. The topological polar surface area (TPSA) is 64.6 Å². The van der Waals surface area contributed by atoms with E-state index in [0.717, 1.165) is 0 Å². The summed E-state index contributed by atoms with van der Waals surface area (Å²) in [6.45, 7) is 13.3. The van der Waals surface area contributed by atoms with Crippen molar-refractivity contribution in [2.45, 2.75) is 35.1 Å². The van der Waals surface area contributed by atoms with Crippen LogP contribution in [0.25, 0.3) is 0 Å². The van der Waals surface area contributed by atoms with Crippen LogP contribution in [0.4, 0.5) is 0 Å². The molecule has 0 aliphatic heterocycles. The molecule has 0 amide bonds. The molecule has 7 nitrogen and oxygen atoms in total. The lowest BCUT2D eigenvalue weighted by molar-refractivity contribution is -0.0247. The fraction of sp³-hybridized carbons (Fsp3) is 0.857. The van der Waals surface area contributed by atoms with Crippen molar-refractivity contribution in [1.29, 1.82) is 0 Å². The zero-order valence-corrected chi connectivity index (χ0v) is 17.0. The van der Waals surface area contributed by atoms with Gasteiger partial charge in [0, 0.05) is 47.8 Å². The van der Waals surface area contributed by atoms with Gasteiger partial charge in [-0.1, -0.05) is 14.0 Å². The maximum Gasteiger partial charge on any atom is 0.679 e. The third kappa shape index (κ3) is 11.1. The number of hydrogen-bond donors (Lipinski definition) is 0. The Bertz CT molecular complexity index is 226. The van der Waals surface area contributed by atoms with Gasteiger partial charge in [0.1, 0.15) is 0 Å². The van der Waals surface area contributed by atoms with Crippen LogP contribution in [-0.4, -0.2) is 65.6 Å². The van der Waals surface area contributed by atoms with Crippen molar-refractivity contribution in [1.82, 2.24) is 0 Å². The molecule has 0 aromatic carbocycles. The van der Waals surface area contributed by atoms with Gasteiger partial charge in [0.25, 0.3) is 0 Å². The molecule has 0 aromatic rings. The normalized spacial score (nSPS) is 11.3. The Kier molecular flexibility index (Phi) is 20.2. The Morgan fingerprint density at radius 3 is 1.04 bits per heavy atom. The molecule has 0 atom stereocenters. The molecular weight excluding hydrogens is 336 g/mol. The summed E-state index contributed by atoms with van der Waals surface area (Å²) in [5, 5.41) is 0. The summed E-state index contributed by atoms with van der Waals surface area (Å²) in [6, 6.07) is 0. The van der Waals surface area contributed by atoms with Crippen LogP contribution >= 0.6 is 0 Å². The molecule has 0 fully saturated rings. The molecule has 0 bridgehead atoms. The van der Waals surface area contributed by atoms with Crippen LogP contribution in [0, 0.1) is 0 Å². The van der Waals surface area contributed by atoms with E-state index >= 15 is 0 Å². The summed E-state index contributed by atoms with van der Waals surface area (Å²) in [7, 11) is -0.595. The van der Waals surface area contributed by atoms with Gasteiger partial charge in [-0.05, 0) is 33.4 Å². The molecule has 0 N–H and O–H groups in total. The average Bonchev–Trinajstić information content (AvgIpc) is 2.52. The van der Waals surface area contributed by atoms with Gasteiger partial charge >= 0.3 is 17.9 Å². The Hall–Kier alpha value is -0.106. The van der Waals surface area contributed by atoms with E-state index in [-0.39, 0.29) is 7.43 Å². The summed E-state index contributed by atoms with van der Waals surface area (Å²) >= 11 is 0. The second-order valence-electron chi connectivity index (χ2n) is 3.65. The third-order valence-electron chi connectivity index (χ3n) is 2.39. The SMILES string of the molecule is C.C=C[Si](OC)(OC)OC.CCO[Si](OCC)(OCC)OCC. The first-order valence-corrected chi connectivity index (χ1v) is 10.8. The van der Waals surface area contributed by atoms with Crippen molar-refractivity contribution in [3.05, 3.63) is 12.3 Å². The Morgan fingerprint density at radius 1 is 0.696 bits per heavy atom. The van der Waals surface area contributed by atoms with Crippen LogP contribution < -0.4 is 0 Å². The van der Waals surface area contributed by atoms with Gasteiger partial charge in [0.15, 0.2) is 0 Å². The molecule has 0 radical (unpaired) electrons. The van der Waals surface area contributed by atoms with Gasteiger partial charge in [0.2, 0.25) is 0 Å². The summed E-state index contributed by atoms with van der Waals surface area (Å²) < 4.78 is 36.6. The van der Waals surface area contributed by atoms with Crippen molar-refractivity contribution < 1.29 is 31.0 Å². The molecule has 0 aromatic heterocycles. The third-order valence-corrected chi connectivity index (χ3v) is 7.16. The van der Waals surface area contributed by atoms with Gasteiger partial charge in [-0.2, -0.15) is 0 Å². The highest BCUT2D eigenvalue weighted by atomic mass is 28.4. The van der Waals surface area contributed by atoms with Crippen LogP contribution in [-0.2, 0) is 31.0 Å². The molecular formula is C14H36O7Si2. The quantitative estimate of drug-likeness (QED) is 0.488. The van der Waals surface area contributed by atoms with Crippen molar-refractivity contribution in [2.75, 3.05) is 47.8 Å². The number of rotatable bonds is 12. The maximum atomic E-state index is 5.42. The lowest BCUT2D eigenvalue weighted by atomic mass is 10.9. The van der Waals surface area contributed by atoms with Crippen molar-refractivity contribution in [3.63, 3.8) is 0 Å². The minimum absolute atomic E-state index is 0. The largest absolute Gasteiger partial charge is 0.679 e. The van der Waals surface area contributed by atoms with E-state index in [1.807, 2.05) is 27.7 Å². The van der Waals surface area contributed by atoms with Crippen molar-refractivity contribution in [2.24, 2.45) is 0 Å². The highest BCUT2D eigenvalue weighted by molar-refractivity contribution is 6.66. The van der Waals surface area contributed by atoms with E-state index in [0.29, 0.717) is 26.4 Å². The highest BCUT2D eigenvalue weighted by Gasteiger charge is 2.44. The first-order valence-electron chi connectivity index (χ1n) is 7.33. The standard InChI is InChI=1S/C8H20O4Si.C5H12O3Si.CH4/c1-5-9-13(10-6-2,11-7-3)12-8-4;1-5-9(6-2,7-3)8-4;/h5-8H2,1-4H3;5H,1H2,2-4H3;1H4. The minimum Gasteiger partial charge on any atom is -0.374 e. The van der Waals surface area contributed by atoms with Gasteiger partial charge in [-0.15, -0.1) is 0 Å². The molecule has 0 aliphatic rings. The summed E-state index contributed by atoms with van der Waals surface area (Å²) in [5.41, 5.74) is 1.58. The highest BCUT2D eigenvalue weighted by Crippen LogP contribution is 2.11. The molecule has 23 heavy (non-hydrogen) atoms. The Labute approximate surface area is 144 Å². The van der Waals surface area contributed by atoms with Crippen LogP contribution in [0.15, 0.2) is 12.3 Å². The molecule has 0 unspecified atom stereocenters. The summed E-state index contributed by atoms with van der Waals surface area (Å²) in [5.74, 6) is 0. The van der Waals surface area contributed by atoms with Gasteiger partial charge in [-0.3, -0.25) is 0 Å². The monoisotopic (exact) mass is 372 g/mol. The zero-order valence-electron chi connectivity index (χ0n) is 15.0. The van der Waals surface area contributed by atoms with E-state index in [2.05, 4.69) is 6.58 Å². The molecule has 0 rings (SSSR count). The average molecular weight is 373 g/mol. The summed E-state index contributed by atoms with van der Waals surface area (Å²) in [4.78, 5) is 0. The van der Waals surface area contributed by atoms with E-state index in [1.54, 1.807) is 27.0 Å². The molecule has 0 aliphatic carbocycles. The summed E-state index contributed by atoms with van der Waals surface area (Å²) in [6.07, 6.45) is 0. The van der Waals surface area contributed by atoms with E-state index in [4.69, 9.17) is 31.0 Å². The smallest absolute Gasteiger partial charge is 0.374 e. The van der Waals surface area contributed by atoms with Crippen LogP contribution in [0.2, 0.25) is 0 Å². The second-order valence-corrected chi connectivity index (χ2v) is 8.65. The lowest BCUT2D eigenvalue weighted by Gasteiger charge is -2.26. The molecule has 0 heterocycles. The maximum absolute atomic E-state index is 5.42. The zero-order chi connectivity index (χ0) is 17.5. The van der Waals surface area contributed by atoms with E-state index < -0.39 is 17.9 Å². The molecule has 0 saturated heterocycles. The second kappa shape index (κ2) is 16.7. The number of hydrogen-bond acceptors (Lipinski definition) is 7. The van der Waals surface area contributed by atoms with Gasteiger partial charge in [-0.25, -0.2) is 0 Å². The predicted octanol–water partition coefficient (Wildman–Crippen LogP) is 2.79. The van der Waals surface area contributed by atoms with Gasteiger partial charge in [0.05, 0.1) is 0 Å². The minimum atomic E-state index is -2.80. The van der Waals surface area contributed by atoms with Crippen LogP contribution in [0.5, 0.6) is 0 Å². The Morgan fingerprint density at radius 2 is 0.957 bits per heavy atom. The fourth-order valence-corrected chi connectivity index (χ4v) is 4.37. The van der Waals surface area contributed by atoms with E-state index in [1.165, 1.54) is 0 Å². The molecule has 9 heteroatoms. The predicted molar refractivity (Wildman–Crippen MR) is 96.0 cm³/mol. The lowest BCUT2D eigenvalue weighted by Crippen LogP contribution is -2.49. The van der Waals surface area contributed by atoms with Gasteiger partial charge < -0.3 is 31.0 Å². The first kappa shape index (κ1) is 27.7. The van der Waals surface area contributed by atoms with Crippen molar-refractivity contribution >= 4 is 17.9 Å². The molecule has 0 saturated carbocycles. The fourth-order valence-electron chi connectivity index (χ4n) is 1.46. The van der Waals surface area contributed by atoms with Crippen LogP contribution in [0.3, 0.4) is 0 Å². The van der Waals surface area contributed by atoms with E-state index in [9.17, 15) is 0 Å². The molecule has 142 valence electrons. The van der Waals surface area contributed by atoms with Crippen LogP contribution in [0.1, 0.15) is 35.1 Å². The first-order chi connectivity index (χ1) is 10.5. The van der Waals surface area contributed by atoms with Crippen molar-refractivity contribution in [3.8, 4) is 0 Å². The Balaban J connectivity index is -0.000000354.